The molecule has 0 radical (unpaired) electrons. The van der Waals surface area contributed by atoms with Crippen molar-refractivity contribution < 1.29 is 4.79 Å². The van der Waals surface area contributed by atoms with Crippen LogP contribution in [0.2, 0.25) is 20.1 Å². The fraction of sp³-hybridized carbons (Fsp3) is 0.273. The van der Waals surface area contributed by atoms with E-state index in [9.17, 15) is 10.1 Å². The number of nitrogens with zero attached hydrogens (tertiary/aromatic N) is 2. The minimum atomic E-state index is -0.602. The number of nitrogens with two attached hydrogens (primary N) is 1. The summed E-state index contributed by atoms with van der Waals surface area (Å²) in [5.74, 6) is 0.294. The highest BCUT2D eigenvalue weighted by molar-refractivity contribution is 7.98. The number of Topliss-reactive ketones (excluding diaryl/α,β-unsaturated/α-hetero) is 1. The SMILES string of the molecule is Cc1cc(C)c(C2C(C#N)=C(N)N(c3ccc(Cl)cc3Cl)C3=C2C(=O)CC(C)(C)C3)cc1CSc1cc(Cl)ccc1Cl. The number of hydrogen-bond acceptors (Lipinski definition) is 5. The first-order valence-electron chi connectivity index (χ1n) is 13.4. The summed E-state index contributed by atoms with van der Waals surface area (Å²) in [6, 6.07) is 17.1. The number of carbonyl (C=O) groups excluding carboxylic acids is 1. The summed E-state index contributed by atoms with van der Waals surface area (Å²) < 4.78 is 0. The van der Waals surface area contributed by atoms with E-state index >= 15 is 0 Å². The van der Waals surface area contributed by atoms with E-state index in [0.29, 0.717) is 55.5 Å². The van der Waals surface area contributed by atoms with Crippen LogP contribution in [0.3, 0.4) is 0 Å². The van der Waals surface area contributed by atoms with Crippen molar-refractivity contribution in [2.75, 3.05) is 4.90 Å². The Labute approximate surface area is 271 Å². The Hall–Kier alpha value is -2.59. The second kappa shape index (κ2) is 11.8. The van der Waals surface area contributed by atoms with Crippen LogP contribution in [-0.2, 0) is 10.5 Å². The molecule has 4 nitrogen and oxygen atoms in total. The third kappa shape index (κ3) is 5.81. The molecule has 0 saturated heterocycles. The van der Waals surface area contributed by atoms with Crippen molar-refractivity contribution in [2.45, 2.75) is 57.1 Å². The molecule has 1 unspecified atom stereocenters. The lowest BCUT2D eigenvalue weighted by atomic mass is 9.68. The lowest BCUT2D eigenvalue weighted by Gasteiger charge is -2.44. The number of allylic oxidation sites excluding steroid dienone is 3. The van der Waals surface area contributed by atoms with Crippen molar-refractivity contribution in [2.24, 2.45) is 11.1 Å². The Morgan fingerprint density at radius 2 is 1.67 bits per heavy atom. The van der Waals surface area contributed by atoms with Gasteiger partial charge in [-0.05, 0) is 84.3 Å². The highest BCUT2D eigenvalue weighted by Crippen LogP contribution is 2.52. The third-order valence-electron chi connectivity index (χ3n) is 7.84. The van der Waals surface area contributed by atoms with Gasteiger partial charge < -0.3 is 5.73 Å². The van der Waals surface area contributed by atoms with E-state index < -0.39 is 5.92 Å². The molecule has 2 aliphatic rings. The molecule has 0 spiro atoms. The van der Waals surface area contributed by atoms with E-state index in [4.69, 9.17) is 52.1 Å². The summed E-state index contributed by atoms with van der Waals surface area (Å²) in [6.07, 6.45) is 0.952. The fourth-order valence-electron chi connectivity index (χ4n) is 5.88. The van der Waals surface area contributed by atoms with Crippen LogP contribution < -0.4 is 10.6 Å². The van der Waals surface area contributed by atoms with Crippen LogP contribution in [0, 0.1) is 30.6 Å². The maximum Gasteiger partial charge on any atom is 0.162 e. The molecule has 216 valence electrons. The largest absolute Gasteiger partial charge is 0.384 e. The van der Waals surface area contributed by atoms with E-state index in [1.807, 2.05) is 13.0 Å². The molecule has 2 N–H and O–H groups in total. The summed E-state index contributed by atoms with van der Waals surface area (Å²) in [5.41, 5.74) is 12.8. The van der Waals surface area contributed by atoms with E-state index in [0.717, 1.165) is 32.8 Å². The van der Waals surface area contributed by atoms with Gasteiger partial charge in [-0.15, -0.1) is 11.8 Å². The summed E-state index contributed by atoms with van der Waals surface area (Å²) in [7, 11) is 0. The number of hydrogen-bond donors (Lipinski definition) is 1. The zero-order valence-electron chi connectivity index (χ0n) is 23.6. The van der Waals surface area contributed by atoms with Crippen LogP contribution >= 0.6 is 58.2 Å². The highest BCUT2D eigenvalue weighted by atomic mass is 35.5. The standard InChI is InChI=1S/C33H29Cl4N3OS/c1-17-9-18(2)22(10-19(17)16-42-29-12-21(35)5-7-24(29)36)30-23(15-38)32(39)40(26-8-6-20(34)11-25(26)37)27-13-33(3,4)14-28(41)31(27)30/h5-12,30H,13-14,16,39H2,1-4H3. The molecular formula is C33H29Cl4N3OS. The molecule has 0 fully saturated rings. The average molecular weight is 657 g/mol. The average Bonchev–Trinajstić information content (AvgIpc) is 2.90. The monoisotopic (exact) mass is 655 g/mol. The molecule has 0 amide bonds. The van der Waals surface area contributed by atoms with Crippen LogP contribution in [0.1, 0.15) is 54.9 Å². The number of anilines is 1. The number of nitriles is 1. The summed E-state index contributed by atoms with van der Waals surface area (Å²) in [5, 5.41) is 12.7. The van der Waals surface area contributed by atoms with Gasteiger partial charge in [0.2, 0.25) is 0 Å². The zero-order chi connectivity index (χ0) is 30.5. The third-order valence-corrected chi connectivity index (χ3v) is 10.2. The van der Waals surface area contributed by atoms with E-state index in [-0.39, 0.29) is 17.0 Å². The minimum Gasteiger partial charge on any atom is -0.384 e. The first-order valence-corrected chi connectivity index (χ1v) is 15.9. The molecule has 1 atom stereocenters. The van der Waals surface area contributed by atoms with Crippen molar-refractivity contribution in [3.05, 3.63) is 114 Å². The first-order chi connectivity index (χ1) is 19.8. The van der Waals surface area contributed by atoms with Crippen LogP contribution in [0.4, 0.5) is 5.69 Å². The van der Waals surface area contributed by atoms with Crippen molar-refractivity contribution in [3.63, 3.8) is 0 Å². The van der Waals surface area contributed by atoms with Gasteiger partial charge in [-0.2, -0.15) is 5.26 Å². The van der Waals surface area contributed by atoms with Gasteiger partial charge in [0, 0.05) is 38.4 Å². The molecule has 0 aromatic heterocycles. The fourth-order valence-corrected chi connectivity index (χ4v) is 7.93. The topological polar surface area (TPSA) is 70.1 Å². The van der Waals surface area contributed by atoms with Crippen molar-refractivity contribution in [3.8, 4) is 6.07 Å². The van der Waals surface area contributed by atoms with E-state index in [1.54, 1.807) is 47.0 Å². The number of aryl methyl sites for hydroxylation is 2. The van der Waals surface area contributed by atoms with E-state index in [1.165, 1.54) is 0 Å². The molecule has 3 aromatic rings. The Balaban J connectivity index is 1.68. The molecular weight excluding hydrogens is 628 g/mol. The predicted octanol–water partition coefficient (Wildman–Crippen LogP) is 10.2. The number of thioether (sulfide) groups is 1. The van der Waals surface area contributed by atoms with Gasteiger partial charge in [-0.25, -0.2) is 0 Å². The molecule has 1 aliphatic heterocycles. The summed E-state index contributed by atoms with van der Waals surface area (Å²) >= 11 is 27.1. The molecule has 1 heterocycles. The summed E-state index contributed by atoms with van der Waals surface area (Å²) in [6.45, 7) is 8.21. The highest BCUT2D eigenvalue weighted by Gasteiger charge is 2.45. The second-order valence-corrected chi connectivity index (χ2v) is 14.3. The van der Waals surface area contributed by atoms with Gasteiger partial charge in [0.1, 0.15) is 5.82 Å². The van der Waals surface area contributed by atoms with Crippen LogP contribution in [0.5, 0.6) is 0 Å². The maximum absolute atomic E-state index is 14.0. The Kier molecular flexibility index (Phi) is 8.69. The van der Waals surface area contributed by atoms with Gasteiger partial charge in [0.15, 0.2) is 5.78 Å². The maximum atomic E-state index is 14.0. The smallest absolute Gasteiger partial charge is 0.162 e. The second-order valence-electron chi connectivity index (χ2n) is 11.6. The number of ketones is 1. The van der Waals surface area contributed by atoms with Crippen LogP contribution in [-0.4, -0.2) is 5.78 Å². The molecule has 1 aliphatic carbocycles. The van der Waals surface area contributed by atoms with Gasteiger partial charge in [-0.1, -0.05) is 72.4 Å². The molecule has 5 rings (SSSR count). The zero-order valence-corrected chi connectivity index (χ0v) is 27.5. The molecule has 42 heavy (non-hydrogen) atoms. The number of benzene rings is 3. The molecule has 9 heteroatoms. The Morgan fingerprint density at radius 3 is 2.36 bits per heavy atom. The molecule has 3 aromatic carbocycles. The van der Waals surface area contributed by atoms with Gasteiger partial charge in [0.25, 0.3) is 0 Å². The van der Waals surface area contributed by atoms with Gasteiger partial charge >= 0.3 is 0 Å². The summed E-state index contributed by atoms with van der Waals surface area (Å²) in [4.78, 5) is 16.7. The number of rotatable bonds is 5. The normalized spacial score (nSPS) is 18.3. The number of carbonyl (C=O) groups is 1. The quantitative estimate of drug-likeness (QED) is 0.277. The Morgan fingerprint density at radius 1 is 0.976 bits per heavy atom. The van der Waals surface area contributed by atoms with E-state index in [2.05, 4.69) is 39.0 Å². The number of halogens is 4. The van der Waals surface area contributed by atoms with Gasteiger partial charge in [-0.3, -0.25) is 9.69 Å². The lowest BCUT2D eigenvalue weighted by molar-refractivity contribution is -0.118. The van der Waals surface area contributed by atoms with Crippen molar-refractivity contribution in [1.82, 2.24) is 0 Å². The predicted molar refractivity (Wildman–Crippen MR) is 175 cm³/mol. The Bertz CT molecular complexity index is 1740. The van der Waals surface area contributed by atoms with Crippen LogP contribution in [0.25, 0.3) is 0 Å². The first kappa shape index (κ1) is 30.9. The lowest BCUT2D eigenvalue weighted by Crippen LogP contribution is -2.42. The molecule has 0 saturated carbocycles. The van der Waals surface area contributed by atoms with Crippen molar-refractivity contribution >= 4 is 69.6 Å². The van der Waals surface area contributed by atoms with Crippen molar-refractivity contribution in [1.29, 1.82) is 5.26 Å². The van der Waals surface area contributed by atoms with Gasteiger partial charge in [0.05, 0.1) is 33.3 Å². The molecule has 0 bridgehead atoms. The minimum absolute atomic E-state index is 0.00296. The van der Waals surface area contributed by atoms with Crippen LogP contribution in [0.15, 0.2) is 76.1 Å².